The highest BCUT2D eigenvalue weighted by molar-refractivity contribution is 5.98. The Hall–Kier alpha value is -3.22. The summed E-state index contributed by atoms with van der Waals surface area (Å²) in [6.07, 6.45) is 0. The van der Waals surface area contributed by atoms with Crippen molar-refractivity contribution in [2.75, 3.05) is 18.6 Å². The molecule has 6 nitrogen and oxygen atoms in total. The number of likely N-dealkylation sites (N-methyl/N-ethyl adjacent to an activating group) is 1. The lowest BCUT2D eigenvalue weighted by Gasteiger charge is -2.22. The Morgan fingerprint density at radius 1 is 1.04 bits per heavy atom. The Balaban J connectivity index is 1.98. The third kappa shape index (κ3) is 5.39. The van der Waals surface area contributed by atoms with Crippen molar-refractivity contribution in [1.82, 2.24) is 5.32 Å². The first-order valence-corrected chi connectivity index (χ1v) is 8.85. The summed E-state index contributed by atoms with van der Waals surface area (Å²) in [6, 6.07) is 13.4. The van der Waals surface area contributed by atoms with Crippen LogP contribution in [0, 0.1) is 11.7 Å². The van der Waals surface area contributed by atoms with Crippen molar-refractivity contribution in [2.45, 2.75) is 19.9 Å². The largest absolute Gasteiger partial charge is 0.454 e. The number of benzene rings is 2. The van der Waals surface area contributed by atoms with E-state index in [-0.39, 0.29) is 11.5 Å². The maximum Gasteiger partial charge on any atom is 0.329 e. The molecule has 148 valence electrons. The molecule has 2 aromatic rings. The highest BCUT2D eigenvalue weighted by Gasteiger charge is 2.28. The Labute approximate surface area is 163 Å². The Morgan fingerprint density at radius 3 is 2.25 bits per heavy atom. The molecule has 0 aliphatic rings. The van der Waals surface area contributed by atoms with Gasteiger partial charge in [-0.2, -0.15) is 0 Å². The second-order valence-corrected chi connectivity index (χ2v) is 6.57. The molecule has 7 heteroatoms. The maximum absolute atomic E-state index is 13.8. The number of hydrogen-bond acceptors (Lipinski definition) is 4. The molecule has 1 atom stereocenters. The molecule has 0 spiro atoms. The van der Waals surface area contributed by atoms with E-state index in [1.807, 2.05) is 6.07 Å². The number of para-hydroxylation sites is 1. The molecule has 2 rings (SSSR count). The number of halogens is 1. The van der Waals surface area contributed by atoms with Crippen LogP contribution in [0.15, 0.2) is 54.6 Å². The molecule has 0 unspecified atom stereocenters. The number of amides is 2. The third-order valence-corrected chi connectivity index (χ3v) is 4.18. The van der Waals surface area contributed by atoms with Crippen LogP contribution in [0.3, 0.4) is 0 Å². The van der Waals surface area contributed by atoms with E-state index in [4.69, 9.17) is 4.74 Å². The van der Waals surface area contributed by atoms with Crippen LogP contribution in [-0.4, -0.2) is 37.5 Å². The average molecular weight is 386 g/mol. The van der Waals surface area contributed by atoms with Gasteiger partial charge in [0.05, 0.1) is 5.56 Å². The Kier molecular flexibility index (Phi) is 7.26. The molecule has 0 aromatic heterocycles. The third-order valence-electron chi connectivity index (χ3n) is 4.18. The summed E-state index contributed by atoms with van der Waals surface area (Å²) in [7, 11) is 1.57. The first-order valence-electron chi connectivity index (χ1n) is 8.85. The van der Waals surface area contributed by atoms with E-state index in [0.29, 0.717) is 5.69 Å². The van der Waals surface area contributed by atoms with Crippen molar-refractivity contribution in [3.63, 3.8) is 0 Å². The highest BCUT2D eigenvalue weighted by Crippen LogP contribution is 2.12. The fraction of sp³-hybridized carbons (Fsp3) is 0.286. The van der Waals surface area contributed by atoms with Gasteiger partial charge in [-0.15, -0.1) is 0 Å². The predicted molar refractivity (Wildman–Crippen MR) is 103 cm³/mol. The quantitative estimate of drug-likeness (QED) is 0.743. The molecule has 0 fully saturated rings. The topological polar surface area (TPSA) is 75.7 Å². The molecule has 2 amide bonds. The fourth-order valence-corrected chi connectivity index (χ4v) is 2.48. The summed E-state index contributed by atoms with van der Waals surface area (Å²) in [5.74, 6) is -2.89. The summed E-state index contributed by atoms with van der Waals surface area (Å²) < 4.78 is 18.9. The number of nitrogens with one attached hydrogen (secondary N) is 1. The van der Waals surface area contributed by atoms with Gasteiger partial charge in [-0.1, -0.05) is 44.2 Å². The monoisotopic (exact) mass is 386 g/mol. The van der Waals surface area contributed by atoms with Crippen LogP contribution in [0.1, 0.15) is 24.2 Å². The summed E-state index contributed by atoms with van der Waals surface area (Å²) in [5, 5.41) is 2.48. The average Bonchev–Trinajstić information content (AvgIpc) is 2.69. The molecule has 0 aliphatic heterocycles. The van der Waals surface area contributed by atoms with Crippen LogP contribution in [0.4, 0.5) is 10.1 Å². The molecule has 2 aromatic carbocycles. The minimum atomic E-state index is -1.01. The molecule has 0 heterocycles. The smallest absolute Gasteiger partial charge is 0.329 e. The second kappa shape index (κ2) is 9.64. The van der Waals surface area contributed by atoms with Crippen molar-refractivity contribution >= 4 is 23.5 Å². The lowest BCUT2D eigenvalue weighted by molar-refractivity contribution is -0.150. The molecule has 1 N–H and O–H groups in total. The van der Waals surface area contributed by atoms with E-state index in [9.17, 15) is 18.8 Å². The van der Waals surface area contributed by atoms with Crippen molar-refractivity contribution in [2.24, 2.45) is 5.92 Å². The minimum Gasteiger partial charge on any atom is -0.454 e. The van der Waals surface area contributed by atoms with Gasteiger partial charge >= 0.3 is 5.97 Å². The van der Waals surface area contributed by atoms with Gasteiger partial charge in [-0.05, 0) is 30.2 Å². The molecule has 0 radical (unpaired) electrons. The van der Waals surface area contributed by atoms with Crippen molar-refractivity contribution in [3.8, 4) is 0 Å². The van der Waals surface area contributed by atoms with Gasteiger partial charge in [-0.25, -0.2) is 9.18 Å². The zero-order chi connectivity index (χ0) is 20.7. The molecule has 0 aliphatic carbocycles. The number of anilines is 1. The number of ether oxygens (including phenoxy) is 1. The number of carbonyl (C=O) groups excluding carboxylic acids is 3. The van der Waals surface area contributed by atoms with Crippen LogP contribution in [0.5, 0.6) is 0 Å². The number of hydrogen-bond donors (Lipinski definition) is 1. The molecule has 28 heavy (non-hydrogen) atoms. The minimum absolute atomic E-state index is 0.166. The van der Waals surface area contributed by atoms with Gasteiger partial charge in [0.25, 0.3) is 11.8 Å². The first kappa shape index (κ1) is 21.1. The van der Waals surface area contributed by atoms with Crippen LogP contribution >= 0.6 is 0 Å². The van der Waals surface area contributed by atoms with Gasteiger partial charge in [0.1, 0.15) is 11.9 Å². The molecular weight excluding hydrogens is 363 g/mol. The number of carbonyl (C=O) groups is 3. The number of rotatable bonds is 7. The van der Waals surface area contributed by atoms with Gasteiger partial charge in [0.2, 0.25) is 0 Å². The Morgan fingerprint density at radius 2 is 1.64 bits per heavy atom. The summed E-state index contributed by atoms with van der Waals surface area (Å²) in [4.78, 5) is 38.3. The van der Waals surface area contributed by atoms with Gasteiger partial charge in [0, 0.05) is 12.7 Å². The zero-order valence-corrected chi connectivity index (χ0v) is 16.0. The van der Waals surface area contributed by atoms with E-state index in [1.54, 1.807) is 45.2 Å². The number of nitrogens with zero attached hydrogens (tertiary/aromatic N) is 1. The summed E-state index contributed by atoms with van der Waals surface area (Å²) >= 11 is 0. The predicted octanol–water partition coefficient (Wildman–Crippen LogP) is 2.79. The Bertz CT molecular complexity index is 839. The van der Waals surface area contributed by atoms with E-state index < -0.39 is 36.2 Å². The maximum atomic E-state index is 13.8. The molecular formula is C21H23FN2O4. The van der Waals surface area contributed by atoms with Crippen molar-refractivity contribution in [3.05, 3.63) is 66.0 Å². The molecule has 0 saturated heterocycles. The van der Waals surface area contributed by atoms with E-state index in [1.165, 1.54) is 23.1 Å². The van der Waals surface area contributed by atoms with E-state index >= 15 is 0 Å². The normalized spacial score (nSPS) is 11.6. The van der Waals surface area contributed by atoms with Crippen molar-refractivity contribution in [1.29, 1.82) is 0 Å². The standard InChI is InChI=1S/C21H23FN2O4/c1-14(2)19(23-20(26)16-11-7-8-12-17(16)22)21(27)28-13-18(25)24(3)15-9-5-4-6-10-15/h4-12,14,19H,13H2,1-3H3,(H,23,26)/t19-/m0/s1. The lowest BCUT2D eigenvalue weighted by atomic mass is 10.0. The molecule has 0 saturated carbocycles. The molecule has 0 bridgehead atoms. The van der Waals surface area contributed by atoms with Crippen LogP contribution in [0.25, 0.3) is 0 Å². The zero-order valence-electron chi connectivity index (χ0n) is 16.0. The van der Waals surface area contributed by atoms with Gasteiger partial charge in [0.15, 0.2) is 6.61 Å². The van der Waals surface area contributed by atoms with E-state index in [2.05, 4.69) is 5.32 Å². The summed E-state index contributed by atoms with van der Waals surface area (Å²) in [5.41, 5.74) is 0.498. The van der Waals surface area contributed by atoms with Gasteiger partial charge < -0.3 is 15.0 Å². The van der Waals surface area contributed by atoms with Crippen LogP contribution in [-0.2, 0) is 14.3 Å². The SMILES string of the molecule is CC(C)[C@H](NC(=O)c1ccccc1F)C(=O)OCC(=O)N(C)c1ccccc1. The van der Waals surface area contributed by atoms with Crippen molar-refractivity contribution < 1.29 is 23.5 Å². The van der Waals surface area contributed by atoms with Crippen LogP contribution < -0.4 is 10.2 Å². The highest BCUT2D eigenvalue weighted by atomic mass is 19.1. The second-order valence-electron chi connectivity index (χ2n) is 6.57. The fourth-order valence-electron chi connectivity index (χ4n) is 2.48. The van der Waals surface area contributed by atoms with E-state index in [0.717, 1.165) is 6.07 Å². The lowest BCUT2D eigenvalue weighted by Crippen LogP contribution is -2.46. The summed E-state index contributed by atoms with van der Waals surface area (Å²) in [6.45, 7) is 2.96. The van der Waals surface area contributed by atoms with Crippen LogP contribution in [0.2, 0.25) is 0 Å². The van der Waals surface area contributed by atoms with Gasteiger partial charge in [-0.3, -0.25) is 9.59 Å². The first-order chi connectivity index (χ1) is 13.3. The number of esters is 1.